The van der Waals surface area contributed by atoms with Gasteiger partial charge in [-0.1, -0.05) is 48.0 Å². The van der Waals surface area contributed by atoms with E-state index in [0.29, 0.717) is 17.3 Å². The Morgan fingerprint density at radius 2 is 1.62 bits per heavy atom. The molecule has 0 unspecified atom stereocenters. The molecule has 8 heteroatoms. The van der Waals surface area contributed by atoms with Crippen molar-refractivity contribution in [3.05, 3.63) is 118 Å². The van der Waals surface area contributed by atoms with Crippen molar-refractivity contribution in [3.8, 4) is 11.4 Å². The molecule has 0 spiro atoms. The van der Waals surface area contributed by atoms with Crippen molar-refractivity contribution in [2.24, 2.45) is 0 Å². The zero-order chi connectivity index (χ0) is 27.7. The standard InChI is InChI=1S/C31H26ClN3O3S/c1-19-9-10-25(17-28(19)32)35-30(37)27(29(36)33-31(35)39)16-23-15-20(2)34(21(23)3)24-11-13-26(14-12-24)38-18-22-7-5-4-6-8-22/h4-17H,18H2,1-3H3,(H,33,36,39)/b27-16+. The highest BCUT2D eigenvalue weighted by Gasteiger charge is 2.35. The minimum atomic E-state index is -0.538. The molecule has 6 nitrogen and oxygen atoms in total. The molecule has 0 aliphatic carbocycles. The number of anilines is 1. The van der Waals surface area contributed by atoms with Gasteiger partial charge in [0.1, 0.15) is 17.9 Å². The molecular weight excluding hydrogens is 530 g/mol. The third-order valence-electron chi connectivity index (χ3n) is 6.63. The molecule has 1 fully saturated rings. The van der Waals surface area contributed by atoms with Gasteiger partial charge in [-0.3, -0.25) is 19.8 Å². The first-order valence-electron chi connectivity index (χ1n) is 12.4. The van der Waals surface area contributed by atoms with Gasteiger partial charge < -0.3 is 9.30 Å². The number of carbonyl (C=O) groups is 2. The van der Waals surface area contributed by atoms with E-state index in [-0.39, 0.29) is 10.7 Å². The van der Waals surface area contributed by atoms with Crippen LogP contribution in [0.5, 0.6) is 5.75 Å². The lowest BCUT2D eigenvalue weighted by molar-refractivity contribution is -0.122. The zero-order valence-electron chi connectivity index (χ0n) is 21.7. The van der Waals surface area contributed by atoms with E-state index < -0.39 is 11.8 Å². The zero-order valence-corrected chi connectivity index (χ0v) is 23.3. The Morgan fingerprint density at radius 1 is 0.923 bits per heavy atom. The van der Waals surface area contributed by atoms with Crippen molar-refractivity contribution >= 4 is 52.5 Å². The number of hydrogen-bond donors (Lipinski definition) is 1. The third kappa shape index (κ3) is 5.37. The number of halogens is 1. The van der Waals surface area contributed by atoms with Crippen molar-refractivity contribution in [1.82, 2.24) is 9.88 Å². The van der Waals surface area contributed by atoms with Gasteiger partial charge in [-0.25, -0.2) is 0 Å². The summed E-state index contributed by atoms with van der Waals surface area (Å²) >= 11 is 11.6. The molecule has 2 amide bonds. The second-order valence-electron chi connectivity index (χ2n) is 9.32. The number of rotatable bonds is 6. The van der Waals surface area contributed by atoms with Gasteiger partial charge in [0.2, 0.25) is 0 Å². The number of benzene rings is 3. The highest BCUT2D eigenvalue weighted by atomic mass is 35.5. The molecule has 2 heterocycles. The Hall–Kier alpha value is -4.20. The highest BCUT2D eigenvalue weighted by Crippen LogP contribution is 2.29. The lowest BCUT2D eigenvalue weighted by atomic mass is 10.1. The number of ether oxygens (including phenoxy) is 1. The summed E-state index contributed by atoms with van der Waals surface area (Å²) in [4.78, 5) is 27.6. The predicted octanol–water partition coefficient (Wildman–Crippen LogP) is 6.47. The van der Waals surface area contributed by atoms with E-state index >= 15 is 0 Å². The molecule has 4 aromatic rings. The maximum Gasteiger partial charge on any atom is 0.270 e. The average Bonchev–Trinajstić information content (AvgIpc) is 3.20. The maximum atomic E-state index is 13.5. The first-order valence-corrected chi connectivity index (χ1v) is 13.2. The van der Waals surface area contributed by atoms with E-state index in [4.69, 9.17) is 28.6 Å². The van der Waals surface area contributed by atoms with Crippen LogP contribution in [0.15, 0.2) is 84.4 Å². The smallest absolute Gasteiger partial charge is 0.270 e. The minimum Gasteiger partial charge on any atom is -0.489 e. The van der Waals surface area contributed by atoms with Gasteiger partial charge in [-0.15, -0.1) is 0 Å². The van der Waals surface area contributed by atoms with Crippen LogP contribution in [0, 0.1) is 20.8 Å². The molecule has 1 N–H and O–H groups in total. The van der Waals surface area contributed by atoms with Crippen LogP contribution < -0.4 is 15.0 Å². The van der Waals surface area contributed by atoms with Gasteiger partial charge in [0.05, 0.1) is 5.69 Å². The van der Waals surface area contributed by atoms with Crippen molar-refractivity contribution in [2.45, 2.75) is 27.4 Å². The van der Waals surface area contributed by atoms with E-state index in [2.05, 4.69) is 9.88 Å². The fourth-order valence-electron chi connectivity index (χ4n) is 4.53. The Morgan fingerprint density at radius 3 is 2.31 bits per heavy atom. The number of aryl methyl sites for hydroxylation is 2. The molecule has 39 heavy (non-hydrogen) atoms. The molecule has 1 saturated heterocycles. The topological polar surface area (TPSA) is 63.6 Å². The lowest BCUT2D eigenvalue weighted by Crippen LogP contribution is -2.54. The van der Waals surface area contributed by atoms with E-state index in [1.807, 2.05) is 81.4 Å². The van der Waals surface area contributed by atoms with Crippen LogP contribution in [0.1, 0.15) is 28.1 Å². The van der Waals surface area contributed by atoms with Crippen LogP contribution in [-0.2, 0) is 16.2 Å². The molecule has 5 rings (SSSR count). The van der Waals surface area contributed by atoms with Gasteiger partial charge in [0.15, 0.2) is 5.11 Å². The van der Waals surface area contributed by atoms with Crippen molar-refractivity contribution in [2.75, 3.05) is 4.90 Å². The molecular formula is C31H26ClN3O3S. The lowest BCUT2D eigenvalue weighted by Gasteiger charge is -2.29. The summed E-state index contributed by atoms with van der Waals surface area (Å²) in [5.41, 5.74) is 6.00. The number of carbonyl (C=O) groups excluding carboxylic acids is 2. The maximum absolute atomic E-state index is 13.5. The number of nitrogens with zero attached hydrogens (tertiary/aromatic N) is 2. The Balaban J connectivity index is 1.41. The quantitative estimate of drug-likeness (QED) is 0.168. The summed E-state index contributed by atoms with van der Waals surface area (Å²) in [5.74, 6) is -0.276. The molecule has 1 aliphatic rings. The van der Waals surface area contributed by atoms with E-state index in [1.165, 1.54) is 4.90 Å². The third-order valence-corrected chi connectivity index (χ3v) is 7.32. The van der Waals surface area contributed by atoms with E-state index in [0.717, 1.165) is 39.5 Å². The summed E-state index contributed by atoms with van der Waals surface area (Å²) in [6, 6.07) is 25.0. The van der Waals surface area contributed by atoms with Crippen molar-refractivity contribution < 1.29 is 14.3 Å². The Kier molecular flexibility index (Phi) is 7.37. The Labute approximate surface area is 237 Å². The minimum absolute atomic E-state index is 0.00907. The largest absolute Gasteiger partial charge is 0.489 e. The van der Waals surface area contributed by atoms with Crippen molar-refractivity contribution in [3.63, 3.8) is 0 Å². The summed E-state index contributed by atoms with van der Waals surface area (Å²) in [6.45, 7) is 6.29. The van der Waals surface area contributed by atoms with Gasteiger partial charge in [0, 0.05) is 22.1 Å². The fourth-order valence-corrected chi connectivity index (χ4v) is 4.99. The summed E-state index contributed by atoms with van der Waals surface area (Å²) < 4.78 is 7.99. The normalized spacial score (nSPS) is 14.6. The number of nitrogens with one attached hydrogen (secondary N) is 1. The highest BCUT2D eigenvalue weighted by molar-refractivity contribution is 7.80. The summed E-state index contributed by atoms with van der Waals surface area (Å²) in [7, 11) is 0. The first-order chi connectivity index (χ1) is 18.7. The predicted molar refractivity (Wildman–Crippen MR) is 158 cm³/mol. The number of hydrogen-bond acceptors (Lipinski definition) is 4. The number of thiocarbonyl (C=S) groups is 1. The van der Waals surface area contributed by atoms with E-state index in [9.17, 15) is 9.59 Å². The SMILES string of the molecule is Cc1ccc(N2C(=O)/C(=C/c3cc(C)n(-c4ccc(OCc5ccccc5)cc4)c3C)C(=O)NC2=S)cc1Cl. The van der Waals surface area contributed by atoms with Crippen molar-refractivity contribution in [1.29, 1.82) is 0 Å². The molecule has 196 valence electrons. The average molecular weight is 556 g/mol. The number of amides is 2. The van der Waals surface area contributed by atoms with Gasteiger partial charge in [-0.05, 0) is 98.2 Å². The van der Waals surface area contributed by atoms with Gasteiger partial charge >= 0.3 is 0 Å². The number of aromatic nitrogens is 1. The van der Waals surface area contributed by atoms with Gasteiger partial charge in [0.25, 0.3) is 11.8 Å². The molecule has 0 bridgehead atoms. The fraction of sp³-hybridized carbons (Fsp3) is 0.129. The van der Waals surface area contributed by atoms with Crippen LogP contribution in [0.3, 0.4) is 0 Å². The summed E-state index contributed by atoms with van der Waals surface area (Å²) in [6.07, 6.45) is 1.61. The molecule has 1 aliphatic heterocycles. The summed E-state index contributed by atoms with van der Waals surface area (Å²) in [5, 5.41) is 3.15. The van der Waals surface area contributed by atoms with E-state index in [1.54, 1.807) is 24.3 Å². The Bertz CT molecular complexity index is 1630. The second-order valence-corrected chi connectivity index (χ2v) is 10.1. The molecule has 0 saturated carbocycles. The van der Waals surface area contributed by atoms with Crippen LogP contribution in [0.25, 0.3) is 11.8 Å². The van der Waals surface area contributed by atoms with Gasteiger partial charge in [-0.2, -0.15) is 0 Å². The molecule has 0 atom stereocenters. The monoisotopic (exact) mass is 555 g/mol. The van der Waals surface area contributed by atoms with Crippen LogP contribution in [0.2, 0.25) is 5.02 Å². The second kappa shape index (κ2) is 10.9. The molecule has 1 aromatic heterocycles. The van der Waals surface area contributed by atoms with Crippen LogP contribution in [-0.4, -0.2) is 21.5 Å². The van der Waals surface area contributed by atoms with Crippen LogP contribution >= 0.6 is 23.8 Å². The first kappa shape index (κ1) is 26.4. The molecule has 0 radical (unpaired) electrons. The molecule has 3 aromatic carbocycles. The van der Waals surface area contributed by atoms with Crippen LogP contribution in [0.4, 0.5) is 5.69 Å².